The van der Waals surface area contributed by atoms with Gasteiger partial charge in [0.15, 0.2) is 5.70 Å². The number of hydrogen-bond donors (Lipinski definition) is 0. The minimum Gasteiger partial charge on any atom is -0.265 e. The highest BCUT2D eigenvalue weighted by molar-refractivity contribution is 5.89. The molecule has 1 amide bonds. The second kappa shape index (κ2) is 6.86. The van der Waals surface area contributed by atoms with Crippen molar-refractivity contribution in [2.75, 3.05) is 13.1 Å². The molecule has 0 N–H and O–H groups in total. The van der Waals surface area contributed by atoms with Gasteiger partial charge in [0.05, 0.1) is 18.3 Å². The second-order valence-corrected chi connectivity index (χ2v) is 6.40. The molecule has 1 aromatic carbocycles. The number of quaternary nitrogens is 1. The fraction of sp³-hybridized carbons (Fsp3) is 0.263. The van der Waals surface area contributed by atoms with Crippen LogP contribution in [0.4, 0.5) is 4.39 Å². The number of carbonyl (C=O) groups excluding carboxylic acids is 1. The summed E-state index contributed by atoms with van der Waals surface area (Å²) in [6.45, 7) is 1.53. The summed E-state index contributed by atoms with van der Waals surface area (Å²) in [6.07, 6.45) is 7.35. The van der Waals surface area contributed by atoms with E-state index in [4.69, 9.17) is 0 Å². The molecule has 0 saturated carbocycles. The zero-order valence-corrected chi connectivity index (χ0v) is 14.3. The van der Waals surface area contributed by atoms with Crippen LogP contribution in [0.1, 0.15) is 30.4 Å². The zero-order valence-electron chi connectivity index (χ0n) is 14.3. The molecule has 2 aliphatic rings. The predicted molar refractivity (Wildman–Crippen MR) is 94.1 cm³/mol. The summed E-state index contributed by atoms with van der Waals surface area (Å²) in [5, 5.41) is 10.8. The van der Waals surface area contributed by atoms with Crippen molar-refractivity contribution < 1.29 is 13.9 Å². The Kier molecular flexibility index (Phi) is 4.40. The first kappa shape index (κ1) is 16.7. The summed E-state index contributed by atoms with van der Waals surface area (Å²) in [5.41, 5.74) is 2.80. The molecule has 4 rings (SSSR count). The standard InChI is InChI=1S/C19H19FN5O/c20-17-6-4-15(5-7-17)18-19(16-8-10-21-11-9-16)25(14-26,23-22-18)24-12-2-1-3-13-24/h4-11,14H,1-3,12-13H2/q+1. The SMILES string of the molecule is O=C[N+]1(N2CCCCC2)N=NC(c2ccc(F)cc2)=C1c1ccncc1. The number of rotatable bonds is 4. The summed E-state index contributed by atoms with van der Waals surface area (Å²) in [7, 11) is 0. The number of nitrogens with zero attached hydrogens (tertiary/aromatic N) is 5. The van der Waals surface area contributed by atoms with Crippen LogP contribution in [-0.2, 0) is 4.79 Å². The van der Waals surface area contributed by atoms with Crippen LogP contribution in [0.15, 0.2) is 59.1 Å². The zero-order chi connectivity index (χ0) is 18.0. The van der Waals surface area contributed by atoms with Crippen LogP contribution in [0.2, 0.25) is 0 Å². The van der Waals surface area contributed by atoms with Crippen LogP contribution in [0, 0.1) is 5.82 Å². The fourth-order valence-electron chi connectivity index (χ4n) is 3.52. The van der Waals surface area contributed by atoms with Crippen molar-refractivity contribution in [3.05, 3.63) is 65.7 Å². The Bertz CT molecular complexity index is 859. The van der Waals surface area contributed by atoms with Crippen LogP contribution in [-0.4, -0.2) is 34.2 Å². The minimum absolute atomic E-state index is 0.309. The highest BCUT2D eigenvalue weighted by atomic mass is 19.1. The van der Waals surface area contributed by atoms with E-state index in [0.29, 0.717) is 11.4 Å². The van der Waals surface area contributed by atoms with E-state index in [1.165, 1.54) is 12.1 Å². The van der Waals surface area contributed by atoms with E-state index in [1.807, 2.05) is 17.1 Å². The molecule has 1 atom stereocenters. The van der Waals surface area contributed by atoms with E-state index in [1.54, 1.807) is 24.5 Å². The van der Waals surface area contributed by atoms with Crippen LogP contribution in [0.3, 0.4) is 0 Å². The third kappa shape index (κ3) is 2.75. The molecule has 7 heteroatoms. The van der Waals surface area contributed by atoms with Crippen LogP contribution in [0.25, 0.3) is 11.4 Å². The number of aromatic nitrogens is 1. The summed E-state index contributed by atoms with van der Waals surface area (Å²) in [4.78, 5) is 16.4. The molecule has 0 bridgehead atoms. The first-order valence-corrected chi connectivity index (χ1v) is 8.69. The minimum atomic E-state index is -0.318. The molecule has 2 aliphatic heterocycles. The number of piperidine rings is 1. The lowest BCUT2D eigenvalue weighted by Gasteiger charge is -2.35. The van der Waals surface area contributed by atoms with Crippen molar-refractivity contribution in [3.63, 3.8) is 0 Å². The van der Waals surface area contributed by atoms with Gasteiger partial charge in [-0.15, -0.1) is 5.01 Å². The van der Waals surface area contributed by atoms with Crippen molar-refractivity contribution in [1.82, 2.24) is 9.99 Å². The Labute approximate surface area is 150 Å². The Morgan fingerprint density at radius 1 is 0.962 bits per heavy atom. The van der Waals surface area contributed by atoms with E-state index < -0.39 is 0 Å². The molecule has 0 radical (unpaired) electrons. The van der Waals surface area contributed by atoms with Crippen molar-refractivity contribution in [1.29, 1.82) is 0 Å². The van der Waals surface area contributed by atoms with Gasteiger partial charge in [0, 0.05) is 23.5 Å². The van der Waals surface area contributed by atoms with Crippen LogP contribution in [0.5, 0.6) is 0 Å². The van der Waals surface area contributed by atoms with Gasteiger partial charge in [0.1, 0.15) is 5.82 Å². The predicted octanol–water partition coefficient (Wildman–Crippen LogP) is 3.80. The molecule has 132 valence electrons. The maximum Gasteiger partial charge on any atom is 0.354 e. The maximum atomic E-state index is 13.4. The van der Waals surface area contributed by atoms with Crippen LogP contribution < -0.4 is 0 Å². The molecule has 1 saturated heterocycles. The lowest BCUT2D eigenvalue weighted by atomic mass is 10.1. The molecule has 3 heterocycles. The van der Waals surface area contributed by atoms with E-state index in [9.17, 15) is 9.18 Å². The maximum absolute atomic E-state index is 13.4. The fourth-order valence-corrected chi connectivity index (χ4v) is 3.52. The number of benzene rings is 1. The first-order valence-electron chi connectivity index (χ1n) is 8.69. The lowest BCUT2D eigenvalue weighted by molar-refractivity contribution is -0.908. The number of carbonyl (C=O) groups is 1. The van der Waals surface area contributed by atoms with Crippen molar-refractivity contribution in [3.8, 4) is 0 Å². The molecular weight excluding hydrogens is 333 g/mol. The van der Waals surface area contributed by atoms with Gasteiger partial charge in [-0.25, -0.2) is 9.18 Å². The molecule has 0 aliphatic carbocycles. The molecule has 2 aromatic rings. The van der Waals surface area contributed by atoms with Gasteiger partial charge in [-0.05, 0) is 53.9 Å². The van der Waals surface area contributed by atoms with Gasteiger partial charge in [0.2, 0.25) is 5.70 Å². The summed E-state index contributed by atoms with van der Waals surface area (Å²) in [5.74, 6) is -0.318. The summed E-state index contributed by atoms with van der Waals surface area (Å²) < 4.78 is 13.0. The average molecular weight is 352 g/mol. The molecule has 1 aromatic heterocycles. The van der Waals surface area contributed by atoms with E-state index in [2.05, 4.69) is 15.3 Å². The number of pyridine rings is 1. The molecular formula is C19H19FN5O+. The second-order valence-electron chi connectivity index (χ2n) is 6.40. The van der Waals surface area contributed by atoms with Gasteiger partial charge < -0.3 is 0 Å². The van der Waals surface area contributed by atoms with E-state index in [-0.39, 0.29) is 10.5 Å². The Morgan fingerprint density at radius 2 is 1.65 bits per heavy atom. The largest absolute Gasteiger partial charge is 0.354 e. The molecule has 1 unspecified atom stereocenters. The van der Waals surface area contributed by atoms with Crippen molar-refractivity contribution >= 4 is 17.8 Å². The van der Waals surface area contributed by atoms with Crippen molar-refractivity contribution in [2.24, 2.45) is 10.3 Å². The number of halogens is 1. The number of amides is 1. The normalized spacial score (nSPS) is 23.4. The molecule has 6 nitrogen and oxygen atoms in total. The highest BCUT2D eigenvalue weighted by Crippen LogP contribution is 2.42. The van der Waals surface area contributed by atoms with Gasteiger partial charge in [-0.2, -0.15) is 0 Å². The van der Waals surface area contributed by atoms with E-state index in [0.717, 1.165) is 49.9 Å². The van der Waals surface area contributed by atoms with Gasteiger partial charge in [0.25, 0.3) is 0 Å². The smallest absolute Gasteiger partial charge is 0.265 e. The summed E-state index contributed by atoms with van der Waals surface area (Å²) >= 11 is 0. The van der Waals surface area contributed by atoms with Gasteiger partial charge in [-0.1, -0.05) is 11.5 Å². The van der Waals surface area contributed by atoms with Gasteiger partial charge in [-0.3, -0.25) is 4.98 Å². The third-order valence-corrected chi connectivity index (χ3v) is 4.82. The topological polar surface area (TPSA) is 57.9 Å². The van der Waals surface area contributed by atoms with Crippen molar-refractivity contribution in [2.45, 2.75) is 19.3 Å². The molecule has 1 fully saturated rings. The Morgan fingerprint density at radius 3 is 2.31 bits per heavy atom. The third-order valence-electron chi connectivity index (χ3n) is 4.82. The monoisotopic (exact) mass is 352 g/mol. The lowest BCUT2D eigenvalue weighted by Crippen LogP contribution is -2.55. The number of hydrogen-bond acceptors (Lipinski definition) is 5. The summed E-state index contributed by atoms with van der Waals surface area (Å²) in [6, 6.07) is 9.77. The molecule has 0 spiro atoms. The average Bonchev–Trinajstić information content (AvgIpc) is 3.10. The first-order chi connectivity index (χ1) is 12.7. The van der Waals surface area contributed by atoms with Crippen LogP contribution >= 0.6 is 0 Å². The Hall–Kier alpha value is -2.77. The quantitative estimate of drug-likeness (QED) is 0.621. The van der Waals surface area contributed by atoms with Gasteiger partial charge >= 0.3 is 6.41 Å². The van der Waals surface area contributed by atoms with E-state index >= 15 is 0 Å². The molecule has 26 heavy (non-hydrogen) atoms. The highest BCUT2D eigenvalue weighted by Gasteiger charge is 2.49. The Balaban J connectivity index is 1.90.